The highest BCUT2D eigenvalue weighted by atomic mass is 32.2. The Morgan fingerprint density at radius 2 is 2.28 bits per heavy atom. The van der Waals surface area contributed by atoms with Gasteiger partial charge in [-0.1, -0.05) is 0 Å². The molecular formula is C11H19N3O3S. The van der Waals surface area contributed by atoms with Gasteiger partial charge in [0.05, 0.1) is 17.6 Å². The fourth-order valence-corrected chi connectivity index (χ4v) is 4.20. The molecule has 0 radical (unpaired) electrons. The summed E-state index contributed by atoms with van der Waals surface area (Å²) in [4.78, 5) is 4.13. The van der Waals surface area contributed by atoms with Gasteiger partial charge in [-0.25, -0.2) is 18.1 Å². The molecule has 1 N–H and O–H groups in total. The maximum Gasteiger partial charge on any atom is 0.150 e. The van der Waals surface area contributed by atoms with Crippen LogP contribution in [0.25, 0.3) is 0 Å². The lowest BCUT2D eigenvalue weighted by Crippen LogP contribution is -2.26. The van der Waals surface area contributed by atoms with E-state index in [1.54, 1.807) is 4.68 Å². The van der Waals surface area contributed by atoms with Gasteiger partial charge in [0.15, 0.2) is 9.84 Å². The zero-order chi connectivity index (χ0) is 13.3. The summed E-state index contributed by atoms with van der Waals surface area (Å²) in [7, 11) is -2.95. The molecule has 1 saturated heterocycles. The van der Waals surface area contributed by atoms with E-state index < -0.39 is 15.9 Å². The molecule has 7 heteroatoms. The second-order valence-corrected chi connectivity index (χ2v) is 7.38. The smallest absolute Gasteiger partial charge is 0.150 e. The van der Waals surface area contributed by atoms with Gasteiger partial charge in [-0.05, 0) is 20.3 Å². The highest BCUT2D eigenvalue weighted by Gasteiger charge is 2.33. The molecule has 0 bridgehead atoms. The Bertz CT molecular complexity index is 509. The maximum absolute atomic E-state index is 11.4. The third-order valence-corrected chi connectivity index (χ3v) is 5.13. The normalized spacial score (nSPS) is 24.6. The monoisotopic (exact) mass is 273 g/mol. The van der Waals surface area contributed by atoms with Gasteiger partial charge >= 0.3 is 0 Å². The Balaban J connectivity index is 2.03. The quantitative estimate of drug-likeness (QED) is 0.847. The topological polar surface area (TPSA) is 85.1 Å². The number of aromatic nitrogens is 3. The predicted octanol–water partition coefficient (Wildman–Crippen LogP) is 0.197. The van der Waals surface area contributed by atoms with Gasteiger partial charge < -0.3 is 5.11 Å². The fourth-order valence-electron chi connectivity index (χ4n) is 2.33. The van der Waals surface area contributed by atoms with Crippen molar-refractivity contribution in [3.8, 4) is 0 Å². The lowest BCUT2D eigenvalue weighted by molar-refractivity contribution is 0.116. The van der Waals surface area contributed by atoms with E-state index >= 15 is 0 Å². The van der Waals surface area contributed by atoms with Crippen molar-refractivity contribution in [1.29, 1.82) is 0 Å². The maximum atomic E-state index is 11.4. The second-order valence-electron chi connectivity index (χ2n) is 5.15. The molecule has 1 aromatic rings. The molecule has 0 saturated carbocycles. The lowest BCUT2D eigenvalue weighted by atomic mass is 9.99. The van der Waals surface area contributed by atoms with E-state index in [-0.39, 0.29) is 23.5 Å². The SMILES string of the molecule is CC(C)n1ncnc1CC(O)C1CCS(=O)(=O)C1. The van der Waals surface area contributed by atoms with Crippen LogP contribution in [0.5, 0.6) is 0 Å². The average molecular weight is 273 g/mol. The summed E-state index contributed by atoms with van der Waals surface area (Å²) >= 11 is 0. The van der Waals surface area contributed by atoms with E-state index in [9.17, 15) is 13.5 Å². The number of hydrogen-bond acceptors (Lipinski definition) is 5. The summed E-state index contributed by atoms with van der Waals surface area (Å²) < 4.78 is 24.5. The molecule has 0 aliphatic carbocycles. The summed E-state index contributed by atoms with van der Waals surface area (Å²) in [5.41, 5.74) is 0. The molecule has 1 fully saturated rings. The lowest BCUT2D eigenvalue weighted by Gasteiger charge is -2.17. The molecule has 2 heterocycles. The van der Waals surface area contributed by atoms with Gasteiger partial charge in [0.1, 0.15) is 12.2 Å². The van der Waals surface area contributed by atoms with Crippen LogP contribution < -0.4 is 0 Å². The van der Waals surface area contributed by atoms with Crippen LogP contribution in [0.4, 0.5) is 0 Å². The Morgan fingerprint density at radius 1 is 1.56 bits per heavy atom. The first-order valence-corrected chi connectivity index (χ1v) is 7.98. The van der Waals surface area contributed by atoms with E-state index in [0.29, 0.717) is 18.7 Å². The molecule has 1 aromatic heterocycles. The average Bonchev–Trinajstić information content (AvgIpc) is 2.84. The van der Waals surface area contributed by atoms with Crippen LogP contribution >= 0.6 is 0 Å². The van der Waals surface area contributed by atoms with Gasteiger partial charge in [0, 0.05) is 18.4 Å². The van der Waals surface area contributed by atoms with Crippen molar-refractivity contribution in [2.24, 2.45) is 5.92 Å². The first-order chi connectivity index (χ1) is 8.39. The molecule has 2 atom stereocenters. The summed E-state index contributed by atoms with van der Waals surface area (Å²) in [6.07, 6.45) is 1.70. The van der Waals surface area contributed by atoms with E-state index in [1.807, 2.05) is 13.8 Å². The molecule has 18 heavy (non-hydrogen) atoms. The van der Waals surface area contributed by atoms with Crippen molar-refractivity contribution in [3.63, 3.8) is 0 Å². The first-order valence-electron chi connectivity index (χ1n) is 6.16. The second kappa shape index (κ2) is 4.97. The summed E-state index contributed by atoms with van der Waals surface area (Å²) in [6, 6.07) is 0.182. The van der Waals surface area contributed by atoms with E-state index in [2.05, 4.69) is 10.1 Å². The standard InChI is InChI=1S/C11H19N3O3S/c1-8(2)14-11(12-7-13-14)5-10(15)9-3-4-18(16,17)6-9/h7-10,15H,3-6H2,1-2H3. The molecule has 0 amide bonds. The van der Waals surface area contributed by atoms with Crippen LogP contribution in [0.2, 0.25) is 0 Å². The fraction of sp³-hybridized carbons (Fsp3) is 0.818. The van der Waals surface area contributed by atoms with Crippen LogP contribution in [0.1, 0.15) is 32.1 Å². The van der Waals surface area contributed by atoms with Crippen molar-refractivity contribution in [1.82, 2.24) is 14.8 Å². The summed E-state index contributed by atoms with van der Waals surface area (Å²) in [6.45, 7) is 3.98. The van der Waals surface area contributed by atoms with Crippen molar-refractivity contribution < 1.29 is 13.5 Å². The molecular weight excluding hydrogens is 254 g/mol. The number of aliphatic hydroxyl groups excluding tert-OH is 1. The number of hydrogen-bond donors (Lipinski definition) is 1. The third kappa shape index (κ3) is 2.89. The Morgan fingerprint density at radius 3 is 2.83 bits per heavy atom. The Kier molecular flexibility index (Phi) is 3.72. The van der Waals surface area contributed by atoms with Crippen molar-refractivity contribution in [3.05, 3.63) is 12.2 Å². The molecule has 6 nitrogen and oxygen atoms in total. The van der Waals surface area contributed by atoms with Gasteiger partial charge in [-0.2, -0.15) is 5.10 Å². The van der Waals surface area contributed by atoms with Crippen LogP contribution in [0.3, 0.4) is 0 Å². The molecule has 102 valence electrons. The van der Waals surface area contributed by atoms with E-state index in [0.717, 1.165) is 0 Å². The minimum absolute atomic E-state index is 0.0873. The highest BCUT2D eigenvalue weighted by molar-refractivity contribution is 7.91. The number of sulfone groups is 1. The molecule has 1 aliphatic rings. The molecule has 2 rings (SSSR count). The summed E-state index contributed by atoms with van der Waals surface area (Å²) in [5, 5.41) is 14.2. The van der Waals surface area contributed by atoms with Crippen LogP contribution in [-0.4, -0.2) is 45.9 Å². The number of nitrogens with zero attached hydrogens (tertiary/aromatic N) is 3. The molecule has 1 aliphatic heterocycles. The van der Waals surface area contributed by atoms with Crippen molar-refractivity contribution >= 4 is 9.84 Å². The third-order valence-electron chi connectivity index (χ3n) is 3.34. The first kappa shape index (κ1) is 13.5. The Hall–Kier alpha value is -0.950. The summed E-state index contributed by atoms with van der Waals surface area (Å²) in [5.74, 6) is 0.810. The van der Waals surface area contributed by atoms with Gasteiger partial charge in [-0.3, -0.25) is 0 Å². The molecule has 0 spiro atoms. The predicted molar refractivity (Wildman–Crippen MR) is 66.9 cm³/mol. The van der Waals surface area contributed by atoms with Crippen molar-refractivity contribution in [2.75, 3.05) is 11.5 Å². The molecule has 2 unspecified atom stereocenters. The zero-order valence-corrected chi connectivity index (χ0v) is 11.5. The van der Waals surface area contributed by atoms with Crippen LogP contribution in [0.15, 0.2) is 6.33 Å². The van der Waals surface area contributed by atoms with E-state index in [1.165, 1.54) is 6.33 Å². The van der Waals surface area contributed by atoms with Crippen LogP contribution in [-0.2, 0) is 16.3 Å². The van der Waals surface area contributed by atoms with Gasteiger partial charge in [-0.15, -0.1) is 0 Å². The van der Waals surface area contributed by atoms with Crippen LogP contribution in [0, 0.1) is 5.92 Å². The minimum Gasteiger partial charge on any atom is -0.392 e. The van der Waals surface area contributed by atoms with Crippen molar-refractivity contribution in [2.45, 2.75) is 38.8 Å². The minimum atomic E-state index is -2.95. The van der Waals surface area contributed by atoms with Gasteiger partial charge in [0.25, 0.3) is 0 Å². The van der Waals surface area contributed by atoms with E-state index in [4.69, 9.17) is 0 Å². The number of aliphatic hydroxyl groups is 1. The Labute approximate surface area is 107 Å². The van der Waals surface area contributed by atoms with Gasteiger partial charge in [0.2, 0.25) is 0 Å². The molecule has 0 aromatic carbocycles. The highest BCUT2D eigenvalue weighted by Crippen LogP contribution is 2.23. The largest absolute Gasteiger partial charge is 0.392 e. The zero-order valence-electron chi connectivity index (χ0n) is 10.7. The number of rotatable bonds is 4.